The van der Waals surface area contributed by atoms with Gasteiger partial charge in [-0.15, -0.1) is 0 Å². The number of carbonyl (C=O) groups is 1. The number of thioether (sulfide) groups is 1. The predicted octanol–water partition coefficient (Wildman–Crippen LogP) is 0.788. The van der Waals surface area contributed by atoms with Crippen LogP contribution in [0.25, 0.3) is 0 Å². The van der Waals surface area contributed by atoms with Crippen LogP contribution in [-0.2, 0) is 4.79 Å². The molecular formula is C4H5NOS. The Labute approximate surface area is 46.5 Å². The second-order valence-electron chi connectivity index (χ2n) is 1.05. The molecule has 0 aromatic rings. The van der Waals surface area contributed by atoms with E-state index in [1.165, 1.54) is 0 Å². The maximum atomic E-state index is 9.72. The monoisotopic (exact) mass is 115 g/mol. The van der Waals surface area contributed by atoms with Gasteiger partial charge in [-0.05, 0) is 18.7 Å². The van der Waals surface area contributed by atoms with Gasteiger partial charge in [-0.2, -0.15) is 5.26 Å². The molecule has 0 fully saturated rings. The molecule has 2 nitrogen and oxygen atoms in total. The normalized spacial score (nSPS) is 12.0. The Morgan fingerprint density at radius 2 is 2.57 bits per heavy atom. The van der Waals surface area contributed by atoms with Gasteiger partial charge in [0, 0.05) is 0 Å². The van der Waals surface area contributed by atoms with E-state index in [0.29, 0.717) is 0 Å². The first kappa shape index (κ1) is 6.51. The lowest BCUT2D eigenvalue weighted by Gasteiger charge is -1.86. The van der Waals surface area contributed by atoms with Gasteiger partial charge in [-0.25, -0.2) is 0 Å². The molecule has 0 aliphatic carbocycles. The number of aldehydes is 1. The Morgan fingerprint density at radius 1 is 2.00 bits per heavy atom. The molecule has 0 aliphatic heterocycles. The smallest absolute Gasteiger partial charge is 0.134 e. The van der Waals surface area contributed by atoms with Crippen LogP contribution < -0.4 is 0 Å². The topological polar surface area (TPSA) is 40.9 Å². The van der Waals surface area contributed by atoms with Crippen molar-refractivity contribution >= 4 is 18.0 Å². The second-order valence-corrected chi connectivity index (χ2v) is 2.21. The summed E-state index contributed by atoms with van der Waals surface area (Å²) in [4.78, 5) is 9.72. The quantitative estimate of drug-likeness (QED) is 0.394. The highest BCUT2D eigenvalue weighted by Crippen LogP contribution is 2.02. The molecule has 38 valence electrons. The number of thiocyanates is 1. The van der Waals surface area contributed by atoms with Crippen molar-refractivity contribution in [3.05, 3.63) is 0 Å². The summed E-state index contributed by atoms with van der Waals surface area (Å²) in [6.45, 7) is 1.68. The van der Waals surface area contributed by atoms with Crippen molar-refractivity contribution in [1.82, 2.24) is 0 Å². The van der Waals surface area contributed by atoms with Gasteiger partial charge in [0.1, 0.15) is 11.7 Å². The second kappa shape index (κ2) is 3.69. The molecule has 7 heavy (non-hydrogen) atoms. The Kier molecular flexibility index (Phi) is 3.43. The summed E-state index contributed by atoms with van der Waals surface area (Å²) in [7, 11) is 0. The first-order valence-corrected chi connectivity index (χ1v) is 2.69. The Bertz CT molecular complexity index is 96.4. The van der Waals surface area contributed by atoms with E-state index in [-0.39, 0.29) is 5.25 Å². The zero-order valence-corrected chi connectivity index (χ0v) is 4.73. The molecule has 0 aliphatic rings. The van der Waals surface area contributed by atoms with Crippen LogP contribution >= 0.6 is 11.8 Å². The maximum Gasteiger partial charge on any atom is 0.134 e. The van der Waals surface area contributed by atoms with E-state index in [9.17, 15) is 4.79 Å². The van der Waals surface area contributed by atoms with E-state index < -0.39 is 0 Å². The summed E-state index contributed by atoms with van der Waals surface area (Å²) in [5.74, 6) is 0. The molecule has 0 saturated heterocycles. The van der Waals surface area contributed by atoms with E-state index in [0.717, 1.165) is 18.0 Å². The highest BCUT2D eigenvalue weighted by atomic mass is 32.2. The zero-order chi connectivity index (χ0) is 5.70. The lowest BCUT2D eigenvalue weighted by atomic mass is 10.5. The number of hydrogen-bond donors (Lipinski definition) is 0. The average Bonchev–Trinajstić information content (AvgIpc) is 1.68. The van der Waals surface area contributed by atoms with Crippen LogP contribution in [0.4, 0.5) is 0 Å². The van der Waals surface area contributed by atoms with Crippen LogP contribution in [0.2, 0.25) is 0 Å². The standard InChI is InChI=1S/C4H5NOS/c1-4(2-6)7-3-5/h2,4H,1H3. The minimum Gasteiger partial charge on any atom is -0.302 e. The molecule has 1 atom stereocenters. The summed E-state index contributed by atoms with van der Waals surface area (Å²) in [6, 6.07) is 0. The molecule has 0 rings (SSSR count). The molecule has 0 bridgehead atoms. The zero-order valence-electron chi connectivity index (χ0n) is 3.92. The number of nitriles is 1. The van der Waals surface area contributed by atoms with Gasteiger partial charge in [0.2, 0.25) is 0 Å². The van der Waals surface area contributed by atoms with Gasteiger partial charge in [0.05, 0.1) is 5.25 Å². The van der Waals surface area contributed by atoms with Crippen molar-refractivity contribution in [3.8, 4) is 5.40 Å². The van der Waals surface area contributed by atoms with Crippen LogP contribution in [0.3, 0.4) is 0 Å². The minimum absolute atomic E-state index is 0.176. The molecule has 3 heteroatoms. The van der Waals surface area contributed by atoms with E-state index >= 15 is 0 Å². The van der Waals surface area contributed by atoms with Crippen molar-refractivity contribution in [2.24, 2.45) is 0 Å². The summed E-state index contributed by atoms with van der Waals surface area (Å²) >= 11 is 0.969. The van der Waals surface area contributed by atoms with E-state index in [2.05, 4.69) is 0 Å². The average molecular weight is 115 g/mol. The minimum atomic E-state index is -0.176. The van der Waals surface area contributed by atoms with Gasteiger partial charge in [0.25, 0.3) is 0 Å². The number of rotatable bonds is 2. The summed E-state index contributed by atoms with van der Waals surface area (Å²) < 4.78 is 0. The third kappa shape index (κ3) is 3.34. The van der Waals surface area contributed by atoms with E-state index in [4.69, 9.17) is 5.26 Å². The molecular weight excluding hydrogens is 110 g/mol. The van der Waals surface area contributed by atoms with Crippen molar-refractivity contribution in [2.45, 2.75) is 12.2 Å². The largest absolute Gasteiger partial charge is 0.302 e. The Morgan fingerprint density at radius 3 is 2.71 bits per heavy atom. The van der Waals surface area contributed by atoms with Gasteiger partial charge in [-0.3, -0.25) is 0 Å². The molecule has 0 spiro atoms. The van der Waals surface area contributed by atoms with Gasteiger partial charge in [-0.1, -0.05) is 0 Å². The van der Waals surface area contributed by atoms with Crippen LogP contribution in [0, 0.1) is 10.7 Å². The summed E-state index contributed by atoms with van der Waals surface area (Å²) in [5, 5.41) is 9.55. The summed E-state index contributed by atoms with van der Waals surface area (Å²) in [6.07, 6.45) is 0.744. The van der Waals surface area contributed by atoms with Crippen molar-refractivity contribution in [3.63, 3.8) is 0 Å². The third-order valence-corrected chi connectivity index (χ3v) is 1.02. The maximum absolute atomic E-state index is 9.72. The van der Waals surface area contributed by atoms with Crippen LogP contribution in [0.1, 0.15) is 6.92 Å². The lowest BCUT2D eigenvalue weighted by molar-refractivity contribution is -0.107. The molecule has 1 unspecified atom stereocenters. The SMILES string of the molecule is CC(C=O)SC#N. The number of hydrogen-bond acceptors (Lipinski definition) is 3. The first-order chi connectivity index (χ1) is 3.31. The fourth-order valence-corrected chi connectivity index (χ4v) is 0.333. The fourth-order valence-electron chi connectivity index (χ4n) is 0.111. The molecule has 0 N–H and O–H groups in total. The van der Waals surface area contributed by atoms with Crippen LogP contribution in [0.5, 0.6) is 0 Å². The summed E-state index contributed by atoms with van der Waals surface area (Å²) in [5.41, 5.74) is 0. The third-order valence-electron chi connectivity index (χ3n) is 0.430. The molecule has 0 aromatic heterocycles. The number of nitrogens with zero attached hydrogens (tertiary/aromatic N) is 1. The molecule has 0 saturated carbocycles. The highest BCUT2D eigenvalue weighted by molar-refractivity contribution is 8.04. The first-order valence-electron chi connectivity index (χ1n) is 1.81. The van der Waals surface area contributed by atoms with Crippen molar-refractivity contribution in [1.29, 1.82) is 5.26 Å². The van der Waals surface area contributed by atoms with Crippen LogP contribution in [-0.4, -0.2) is 11.5 Å². The van der Waals surface area contributed by atoms with Crippen molar-refractivity contribution < 1.29 is 4.79 Å². The molecule has 0 radical (unpaired) electrons. The molecule has 0 amide bonds. The van der Waals surface area contributed by atoms with E-state index in [1.54, 1.807) is 12.3 Å². The lowest BCUT2D eigenvalue weighted by Crippen LogP contribution is -1.92. The highest BCUT2D eigenvalue weighted by Gasteiger charge is 1.94. The molecule has 0 heterocycles. The van der Waals surface area contributed by atoms with Gasteiger partial charge >= 0.3 is 0 Å². The van der Waals surface area contributed by atoms with E-state index in [1.807, 2.05) is 0 Å². The Hall–Kier alpha value is -0.490. The van der Waals surface area contributed by atoms with Crippen molar-refractivity contribution in [2.75, 3.05) is 0 Å². The van der Waals surface area contributed by atoms with Gasteiger partial charge < -0.3 is 4.79 Å². The fraction of sp³-hybridized carbons (Fsp3) is 0.500. The molecule has 0 aromatic carbocycles. The Balaban J connectivity index is 3.21. The predicted molar refractivity (Wildman–Crippen MR) is 28.7 cm³/mol. The van der Waals surface area contributed by atoms with Gasteiger partial charge in [0.15, 0.2) is 0 Å². The van der Waals surface area contributed by atoms with Crippen LogP contribution in [0.15, 0.2) is 0 Å². The number of carbonyl (C=O) groups excluding carboxylic acids is 1.